The van der Waals surface area contributed by atoms with Crippen LogP contribution in [0.4, 0.5) is 0 Å². The molecule has 1 aromatic carbocycles. The Morgan fingerprint density at radius 1 is 1.25 bits per heavy atom. The molecule has 0 unspecified atom stereocenters. The summed E-state index contributed by atoms with van der Waals surface area (Å²) in [6, 6.07) is 7.79. The van der Waals surface area contributed by atoms with Crippen LogP contribution >= 0.6 is 0 Å². The predicted molar refractivity (Wildman–Crippen MR) is 76.9 cm³/mol. The first kappa shape index (κ1) is 14.5. The van der Waals surface area contributed by atoms with Gasteiger partial charge in [-0.05, 0) is 53.6 Å². The van der Waals surface area contributed by atoms with Crippen molar-refractivity contribution in [3.63, 3.8) is 0 Å². The molecule has 0 atom stereocenters. The lowest BCUT2D eigenvalue weighted by Crippen LogP contribution is -2.07. The van der Waals surface area contributed by atoms with E-state index in [1.807, 2.05) is 24.3 Å². The van der Waals surface area contributed by atoms with Crippen molar-refractivity contribution < 1.29 is 4.74 Å². The van der Waals surface area contributed by atoms with E-state index in [4.69, 9.17) is 10.5 Å². The summed E-state index contributed by atoms with van der Waals surface area (Å²) in [6.07, 6.45) is 1.64. The smallest absolute Gasteiger partial charge is 0.156 e. The molecule has 0 aliphatic rings. The van der Waals surface area contributed by atoms with Crippen LogP contribution in [-0.2, 0) is 6.42 Å². The van der Waals surface area contributed by atoms with E-state index in [-0.39, 0.29) is 0 Å². The van der Waals surface area contributed by atoms with Crippen molar-refractivity contribution in [2.45, 2.75) is 26.7 Å². The lowest BCUT2D eigenvalue weighted by molar-refractivity contribution is 0.271. The molecule has 2 N–H and O–H groups in total. The minimum absolute atomic E-state index is 0.511. The van der Waals surface area contributed by atoms with Crippen LogP contribution in [0.15, 0.2) is 24.3 Å². The SMILES string of the molecule is CC(C)COc1ccc(-n2nnnc2CCCN)cc1. The van der Waals surface area contributed by atoms with Gasteiger partial charge in [0.2, 0.25) is 0 Å². The van der Waals surface area contributed by atoms with Gasteiger partial charge in [0, 0.05) is 6.42 Å². The van der Waals surface area contributed by atoms with Crippen LogP contribution in [0.5, 0.6) is 5.75 Å². The van der Waals surface area contributed by atoms with Crippen molar-refractivity contribution in [2.75, 3.05) is 13.2 Å². The maximum atomic E-state index is 5.66. The molecular weight excluding hydrogens is 254 g/mol. The number of ether oxygens (including phenoxy) is 1. The number of aromatic nitrogens is 4. The van der Waals surface area contributed by atoms with E-state index < -0.39 is 0 Å². The van der Waals surface area contributed by atoms with Crippen molar-refractivity contribution in [1.82, 2.24) is 20.2 Å². The van der Waals surface area contributed by atoms with Gasteiger partial charge in [0.25, 0.3) is 0 Å². The quantitative estimate of drug-likeness (QED) is 0.830. The Kier molecular flexibility index (Phi) is 5.06. The Morgan fingerprint density at radius 2 is 2.00 bits per heavy atom. The molecule has 0 saturated heterocycles. The van der Waals surface area contributed by atoms with E-state index in [9.17, 15) is 0 Å². The van der Waals surface area contributed by atoms with Gasteiger partial charge in [-0.25, -0.2) is 0 Å². The predicted octanol–water partition coefficient (Wildman–Crippen LogP) is 1.59. The summed E-state index contributed by atoms with van der Waals surface area (Å²) in [7, 11) is 0. The molecule has 0 bridgehead atoms. The number of nitrogens with two attached hydrogens (primary N) is 1. The van der Waals surface area contributed by atoms with Crippen molar-refractivity contribution in [3.05, 3.63) is 30.1 Å². The molecule has 20 heavy (non-hydrogen) atoms. The second kappa shape index (κ2) is 7.00. The molecule has 0 aliphatic heterocycles. The highest BCUT2D eigenvalue weighted by atomic mass is 16.5. The number of hydrogen-bond acceptors (Lipinski definition) is 5. The Balaban J connectivity index is 2.07. The van der Waals surface area contributed by atoms with Gasteiger partial charge in [-0.1, -0.05) is 13.8 Å². The molecule has 108 valence electrons. The molecule has 0 spiro atoms. The van der Waals surface area contributed by atoms with Gasteiger partial charge < -0.3 is 10.5 Å². The first-order valence-corrected chi connectivity index (χ1v) is 6.91. The number of nitrogens with zero attached hydrogens (tertiary/aromatic N) is 4. The molecular formula is C14H21N5O. The monoisotopic (exact) mass is 275 g/mol. The first-order valence-electron chi connectivity index (χ1n) is 6.91. The molecule has 0 aliphatic carbocycles. The lowest BCUT2D eigenvalue weighted by atomic mass is 10.2. The Morgan fingerprint density at radius 3 is 2.65 bits per heavy atom. The maximum absolute atomic E-state index is 5.66. The third-order valence-electron chi connectivity index (χ3n) is 2.80. The second-order valence-electron chi connectivity index (χ2n) is 5.10. The third kappa shape index (κ3) is 3.77. The Bertz CT molecular complexity index is 521. The zero-order chi connectivity index (χ0) is 14.4. The van der Waals surface area contributed by atoms with E-state index in [0.717, 1.165) is 30.1 Å². The number of rotatable bonds is 7. The largest absolute Gasteiger partial charge is 0.493 e. The van der Waals surface area contributed by atoms with Crippen LogP contribution in [0, 0.1) is 5.92 Å². The molecule has 6 nitrogen and oxygen atoms in total. The zero-order valence-corrected chi connectivity index (χ0v) is 12.0. The van der Waals surface area contributed by atoms with E-state index in [2.05, 4.69) is 29.4 Å². The average Bonchev–Trinajstić information content (AvgIpc) is 2.91. The maximum Gasteiger partial charge on any atom is 0.156 e. The Labute approximate surface area is 118 Å². The van der Waals surface area contributed by atoms with Gasteiger partial charge in [0.15, 0.2) is 5.82 Å². The number of benzene rings is 1. The molecule has 0 fully saturated rings. The third-order valence-corrected chi connectivity index (χ3v) is 2.80. The van der Waals surface area contributed by atoms with Gasteiger partial charge >= 0.3 is 0 Å². The van der Waals surface area contributed by atoms with Crippen LogP contribution in [0.25, 0.3) is 5.69 Å². The summed E-state index contributed by atoms with van der Waals surface area (Å²) in [5.74, 6) is 2.20. The normalized spacial score (nSPS) is 11.0. The van der Waals surface area contributed by atoms with Gasteiger partial charge in [0.05, 0.1) is 12.3 Å². The van der Waals surface area contributed by atoms with Crippen molar-refractivity contribution >= 4 is 0 Å². The van der Waals surface area contributed by atoms with Crippen molar-refractivity contribution in [3.8, 4) is 11.4 Å². The van der Waals surface area contributed by atoms with Crippen LogP contribution in [-0.4, -0.2) is 33.4 Å². The fraction of sp³-hybridized carbons (Fsp3) is 0.500. The topological polar surface area (TPSA) is 78.8 Å². The number of hydrogen-bond donors (Lipinski definition) is 1. The lowest BCUT2D eigenvalue weighted by Gasteiger charge is -2.09. The van der Waals surface area contributed by atoms with E-state index >= 15 is 0 Å². The highest BCUT2D eigenvalue weighted by Crippen LogP contribution is 2.16. The highest BCUT2D eigenvalue weighted by molar-refractivity contribution is 5.37. The highest BCUT2D eigenvalue weighted by Gasteiger charge is 2.07. The summed E-state index contributed by atoms with van der Waals surface area (Å²) < 4.78 is 7.40. The van der Waals surface area contributed by atoms with E-state index in [1.54, 1.807) is 4.68 Å². The second-order valence-corrected chi connectivity index (χ2v) is 5.10. The first-order chi connectivity index (χ1) is 9.70. The minimum atomic E-state index is 0.511. The standard InChI is InChI=1S/C14H21N5O/c1-11(2)10-20-13-7-5-12(6-8-13)19-14(4-3-9-15)16-17-18-19/h5-8,11H,3-4,9-10,15H2,1-2H3. The summed E-state index contributed by atoms with van der Waals surface area (Å²) >= 11 is 0. The summed E-state index contributed by atoms with van der Waals surface area (Å²) in [4.78, 5) is 0. The fourth-order valence-corrected chi connectivity index (χ4v) is 1.77. The molecule has 1 heterocycles. The fourth-order valence-electron chi connectivity index (χ4n) is 1.77. The summed E-state index contributed by atoms with van der Waals surface area (Å²) in [5.41, 5.74) is 6.45. The van der Waals surface area contributed by atoms with Crippen molar-refractivity contribution in [2.24, 2.45) is 11.7 Å². The Hall–Kier alpha value is -1.95. The van der Waals surface area contributed by atoms with Gasteiger partial charge in [-0.2, -0.15) is 4.68 Å². The van der Waals surface area contributed by atoms with Gasteiger partial charge in [0.1, 0.15) is 5.75 Å². The van der Waals surface area contributed by atoms with Crippen LogP contribution in [0.1, 0.15) is 26.1 Å². The van der Waals surface area contributed by atoms with Gasteiger partial charge in [-0.15, -0.1) is 5.10 Å². The van der Waals surface area contributed by atoms with Crippen LogP contribution in [0.2, 0.25) is 0 Å². The molecule has 0 radical (unpaired) electrons. The zero-order valence-electron chi connectivity index (χ0n) is 12.0. The summed E-state index contributed by atoms with van der Waals surface area (Å²) in [5, 5.41) is 11.8. The molecule has 0 amide bonds. The van der Waals surface area contributed by atoms with E-state index in [0.29, 0.717) is 19.1 Å². The van der Waals surface area contributed by atoms with Crippen LogP contribution in [0.3, 0.4) is 0 Å². The molecule has 2 aromatic rings. The van der Waals surface area contributed by atoms with Crippen molar-refractivity contribution in [1.29, 1.82) is 0 Å². The number of tetrazole rings is 1. The molecule has 1 aromatic heterocycles. The number of aryl methyl sites for hydroxylation is 1. The average molecular weight is 275 g/mol. The van der Waals surface area contributed by atoms with Crippen LogP contribution < -0.4 is 10.5 Å². The van der Waals surface area contributed by atoms with E-state index in [1.165, 1.54) is 0 Å². The van der Waals surface area contributed by atoms with Gasteiger partial charge in [-0.3, -0.25) is 0 Å². The molecule has 2 rings (SSSR count). The molecule has 0 saturated carbocycles. The molecule has 6 heteroatoms. The summed E-state index contributed by atoms with van der Waals surface area (Å²) in [6.45, 7) is 5.60. The minimum Gasteiger partial charge on any atom is -0.493 e.